The maximum absolute atomic E-state index is 12.1. The van der Waals surface area contributed by atoms with Crippen molar-refractivity contribution < 1.29 is 23.1 Å². The number of hydrogen-bond acceptors (Lipinski definition) is 6. The lowest BCUT2D eigenvalue weighted by Crippen LogP contribution is -2.31. The van der Waals surface area contributed by atoms with Crippen LogP contribution in [-0.4, -0.2) is 58.2 Å². The van der Waals surface area contributed by atoms with Gasteiger partial charge in [0.2, 0.25) is 0 Å². The van der Waals surface area contributed by atoms with Crippen molar-refractivity contribution in [3.05, 3.63) is 11.9 Å². The van der Waals surface area contributed by atoms with Crippen molar-refractivity contribution in [2.45, 2.75) is 31.2 Å². The molecule has 19 heavy (non-hydrogen) atoms. The third-order valence-corrected chi connectivity index (χ3v) is 5.42. The van der Waals surface area contributed by atoms with Gasteiger partial charge >= 0.3 is 5.97 Å². The molecule has 2 atom stereocenters. The summed E-state index contributed by atoms with van der Waals surface area (Å²) in [5.74, 6) is -1.29. The van der Waals surface area contributed by atoms with Crippen molar-refractivity contribution in [3.8, 4) is 0 Å². The summed E-state index contributed by atoms with van der Waals surface area (Å²) in [6, 6.07) is 0. The van der Waals surface area contributed by atoms with Gasteiger partial charge in [-0.1, -0.05) is 5.21 Å². The van der Waals surface area contributed by atoms with Gasteiger partial charge in [-0.05, 0) is 13.3 Å². The van der Waals surface area contributed by atoms with Crippen molar-refractivity contribution in [2.24, 2.45) is 0 Å². The van der Waals surface area contributed by atoms with E-state index in [1.165, 1.54) is 10.9 Å². The maximum atomic E-state index is 12.1. The minimum Gasteiger partial charge on any atom is -0.476 e. The molecule has 106 valence electrons. The molecule has 1 N–H and O–H groups in total. The number of hydrogen-bond donors (Lipinski definition) is 1. The highest BCUT2D eigenvalue weighted by Crippen LogP contribution is 2.21. The number of sulfone groups is 1. The topological polar surface area (TPSA) is 111 Å². The monoisotopic (exact) mass is 289 g/mol. The van der Waals surface area contributed by atoms with Crippen LogP contribution in [0, 0.1) is 0 Å². The van der Waals surface area contributed by atoms with E-state index >= 15 is 0 Å². The zero-order valence-electron chi connectivity index (χ0n) is 10.4. The SMILES string of the molecule is CC1OCCC1S(=O)(=O)CCn1cc(C(=O)O)nn1. The molecule has 0 radical (unpaired) electrons. The molecule has 2 unspecified atom stereocenters. The predicted octanol–water partition coefficient (Wildman–Crippen LogP) is -0.431. The van der Waals surface area contributed by atoms with Gasteiger partial charge in [-0.25, -0.2) is 13.2 Å². The lowest BCUT2D eigenvalue weighted by molar-refractivity contribution is 0.0690. The molecule has 0 saturated carbocycles. The zero-order valence-corrected chi connectivity index (χ0v) is 11.2. The average Bonchev–Trinajstić information content (AvgIpc) is 2.95. The van der Waals surface area contributed by atoms with E-state index in [2.05, 4.69) is 10.3 Å². The van der Waals surface area contributed by atoms with Gasteiger partial charge in [-0.15, -0.1) is 5.10 Å². The molecule has 2 heterocycles. The minimum atomic E-state index is -3.28. The Morgan fingerprint density at radius 1 is 1.63 bits per heavy atom. The first-order valence-electron chi connectivity index (χ1n) is 5.87. The first kappa shape index (κ1) is 13.9. The van der Waals surface area contributed by atoms with Gasteiger partial charge in [0.15, 0.2) is 15.5 Å². The standard InChI is InChI=1S/C10H15N3O5S/c1-7-9(2-4-18-7)19(16,17)5-3-13-6-8(10(14)15)11-12-13/h6-7,9H,2-5H2,1H3,(H,14,15). The van der Waals surface area contributed by atoms with Crippen LogP contribution in [0.3, 0.4) is 0 Å². The number of aryl methyl sites for hydroxylation is 1. The van der Waals surface area contributed by atoms with E-state index in [1.807, 2.05) is 0 Å². The summed E-state index contributed by atoms with van der Waals surface area (Å²) in [4.78, 5) is 10.6. The van der Waals surface area contributed by atoms with E-state index in [9.17, 15) is 13.2 Å². The van der Waals surface area contributed by atoms with Crippen molar-refractivity contribution in [1.29, 1.82) is 0 Å². The van der Waals surface area contributed by atoms with Gasteiger partial charge in [0.1, 0.15) is 0 Å². The smallest absolute Gasteiger partial charge is 0.358 e. The molecular formula is C10H15N3O5S. The van der Waals surface area contributed by atoms with Gasteiger partial charge in [0.05, 0.1) is 29.8 Å². The Morgan fingerprint density at radius 2 is 2.37 bits per heavy atom. The first-order chi connectivity index (χ1) is 8.90. The summed E-state index contributed by atoms with van der Waals surface area (Å²) in [5, 5.41) is 15.2. The van der Waals surface area contributed by atoms with Crippen molar-refractivity contribution in [2.75, 3.05) is 12.4 Å². The molecule has 1 aromatic heterocycles. The Hall–Kier alpha value is -1.48. The van der Waals surface area contributed by atoms with Crippen LogP contribution in [0.1, 0.15) is 23.8 Å². The van der Waals surface area contributed by atoms with Crippen LogP contribution in [0.25, 0.3) is 0 Å². The van der Waals surface area contributed by atoms with E-state index in [0.717, 1.165) is 0 Å². The number of carbonyl (C=O) groups is 1. The normalized spacial score (nSPS) is 23.6. The van der Waals surface area contributed by atoms with Crippen molar-refractivity contribution in [1.82, 2.24) is 15.0 Å². The molecule has 8 nitrogen and oxygen atoms in total. The van der Waals surface area contributed by atoms with Gasteiger partial charge in [-0.2, -0.15) is 0 Å². The van der Waals surface area contributed by atoms with Gasteiger partial charge in [-0.3, -0.25) is 4.68 Å². The molecule has 0 spiro atoms. The highest BCUT2D eigenvalue weighted by Gasteiger charge is 2.35. The highest BCUT2D eigenvalue weighted by molar-refractivity contribution is 7.92. The van der Waals surface area contributed by atoms with Crippen LogP contribution < -0.4 is 0 Å². The minimum absolute atomic E-state index is 0.0891. The van der Waals surface area contributed by atoms with Crippen molar-refractivity contribution in [3.63, 3.8) is 0 Å². The second-order valence-corrected chi connectivity index (χ2v) is 6.78. The molecule has 1 fully saturated rings. The summed E-state index contributed by atoms with van der Waals surface area (Å²) < 4.78 is 30.7. The number of ether oxygens (including phenoxy) is 1. The van der Waals surface area contributed by atoms with Crippen LogP contribution >= 0.6 is 0 Å². The molecule has 0 aromatic carbocycles. The maximum Gasteiger partial charge on any atom is 0.358 e. The fraction of sp³-hybridized carbons (Fsp3) is 0.700. The van der Waals surface area contributed by atoms with Gasteiger partial charge < -0.3 is 9.84 Å². The summed E-state index contributed by atoms with van der Waals surface area (Å²) >= 11 is 0. The number of aromatic nitrogens is 3. The Kier molecular flexibility index (Phi) is 3.85. The highest BCUT2D eigenvalue weighted by atomic mass is 32.2. The molecule has 0 amide bonds. The summed E-state index contributed by atoms with van der Waals surface area (Å²) in [6.45, 7) is 2.29. The lowest BCUT2D eigenvalue weighted by atomic mass is 10.3. The van der Waals surface area contributed by atoms with E-state index in [4.69, 9.17) is 9.84 Å². The fourth-order valence-corrected chi connectivity index (χ4v) is 3.92. The largest absolute Gasteiger partial charge is 0.476 e. The molecule has 0 aliphatic carbocycles. The predicted molar refractivity (Wildman–Crippen MR) is 64.6 cm³/mol. The Bertz CT molecular complexity index is 567. The third kappa shape index (κ3) is 3.10. The van der Waals surface area contributed by atoms with Crippen LogP contribution in [0.5, 0.6) is 0 Å². The molecule has 2 rings (SSSR count). The quantitative estimate of drug-likeness (QED) is 0.782. The molecule has 0 bridgehead atoms. The molecular weight excluding hydrogens is 274 g/mol. The van der Waals surface area contributed by atoms with Gasteiger partial charge in [0, 0.05) is 6.61 Å². The van der Waals surface area contributed by atoms with Crippen LogP contribution in [-0.2, 0) is 21.1 Å². The number of carboxylic acid groups (broad SMARTS) is 1. The number of carboxylic acids is 1. The molecule has 1 aliphatic heterocycles. The Labute approximate surface area is 110 Å². The molecule has 1 aliphatic rings. The second-order valence-electron chi connectivity index (χ2n) is 4.44. The van der Waals surface area contributed by atoms with E-state index in [1.54, 1.807) is 6.92 Å². The number of aromatic carboxylic acids is 1. The first-order valence-corrected chi connectivity index (χ1v) is 7.58. The zero-order chi connectivity index (χ0) is 14.0. The molecule has 1 aromatic rings. The van der Waals surface area contributed by atoms with Gasteiger partial charge in [0.25, 0.3) is 0 Å². The van der Waals surface area contributed by atoms with E-state index in [0.29, 0.717) is 13.0 Å². The fourth-order valence-electron chi connectivity index (χ4n) is 2.06. The van der Waals surface area contributed by atoms with Crippen LogP contribution in [0.15, 0.2) is 6.20 Å². The summed E-state index contributed by atoms with van der Waals surface area (Å²) in [7, 11) is -3.28. The molecule has 9 heteroatoms. The lowest BCUT2D eigenvalue weighted by Gasteiger charge is -2.14. The summed E-state index contributed by atoms with van der Waals surface area (Å²) in [6.07, 6.45) is 1.42. The number of nitrogens with zero attached hydrogens (tertiary/aromatic N) is 3. The van der Waals surface area contributed by atoms with Crippen LogP contribution in [0.4, 0.5) is 0 Å². The second kappa shape index (κ2) is 5.25. The van der Waals surface area contributed by atoms with Crippen molar-refractivity contribution >= 4 is 15.8 Å². The van der Waals surface area contributed by atoms with E-state index < -0.39 is 21.1 Å². The Morgan fingerprint density at radius 3 is 2.89 bits per heavy atom. The molecule has 1 saturated heterocycles. The third-order valence-electron chi connectivity index (χ3n) is 3.13. The average molecular weight is 289 g/mol. The van der Waals surface area contributed by atoms with E-state index in [-0.39, 0.29) is 24.1 Å². The summed E-state index contributed by atoms with van der Waals surface area (Å²) in [5.41, 5.74) is -0.199. The van der Waals surface area contributed by atoms with Crippen LogP contribution in [0.2, 0.25) is 0 Å². The Balaban J connectivity index is 1.99. The number of rotatable bonds is 5.